The molecule has 1 aromatic carbocycles. The molecular formula is C21H22ClFN4O3S. The third kappa shape index (κ3) is 4.95. The zero-order valence-corrected chi connectivity index (χ0v) is 18.5. The van der Waals surface area contributed by atoms with Gasteiger partial charge in [-0.15, -0.1) is 11.3 Å². The number of carbonyl (C=O) groups is 1. The number of ether oxygens (including phenoxy) is 2. The molecule has 1 unspecified atom stereocenters. The molecule has 3 heterocycles. The van der Waals surface area contributed by atoms with Crippen molar-refractivity contribution in [1.29, 1.82) is 0 Å². The van der Waals surface area contributed by atoms with Gasteiger partial charge in [0.1, 0.15) is 11.9 Å². The van der Waals surface area contributed by atoms with Gasteiger partial charge in [0, 0.05) is 47.5 Å². The summed E-state index contributed by atoms with van der Waals surface area (Å²) in [6.07, 6.45) is 1.69. The third-order valence-corrected chi connectivity index (χ3v) is 6.11. The summed E-state index contributed by atoms with van der Waals surface area (Å²) in [7, 11) is 0. The SMILES string of the molecule is CCOC(=O)C1=C(CN2CCOCC2)NC(c2nccs2)=NC1c1ccc(F)cc1Cl. The minimum absolute atomic E-state index is 0.196. The van der Waals surface area contributed by atoms with E-state index >= 15 is 0 Å². The summed E-state index contributed by atoms with van der Waals surface area (Å²) >= 11 is 7.81. The van der Waals surface area contributed by atoms with Crippen molar-refractivity contribution in [3.8, 4) is 0 Å². The second kappa shape index (κ2) is 9.86. The Bertz CT molecular complexity index is 1010. The molecule has 10 heteroatoms. The Morgan fingerprint density at radius 3 is 2.90 bits per heavy atom. The van der Waals surface area contributed by atoms with Gasteiger partial charge in [-0.2, -0.15) is 0 Å². The first-order valence-corrected chi connectivity index (χ1v) is 11.2. The van der Waals surface area contributed by atoms with Crippen molar-refractivity contribution in [2.75, 3.05) is 39.5 Å². The van der Waals surface area contributed by atoms with Gasteiger partial charge >= 0.3 is 5.97 Å². The van der Waals surface area contributed by atoms with E-state index in [0.717, 1.165) is 13.1 Å². The number of hydrogen-bond acceptors (Lipinski definition) is 8. The molecule has 0 amide bonds. The fourth-order valence-electron chi connectivity index (χ4n) is 3.55. The molecule has 1 N–H and O–H groups in total. The summed E-state index contributed by atoms with van der Waals surface area (Å²) in [4.78, 5) is 24.3. The predicted molar refractivity (Wildman–Crippen MR) is 117 cm³/mol. The third-order valence-electron chi connectivity index (χ3n) is 5.00. The van der Waals surface area contributed by atoms with Crippen LogP contribution >= 0.6 is 22.9 Å². The standard InChI is InChI=1S/C21H22ClFN4O3S/c1-2-30-21(28)17-16(12-27-6-8-29-9-7-27)25-19(20-24-5-10-31-20)26-18(17)14-4-3-13(23)11-15(14)22/h3-5,10-11,18H,2,6-9,12H2,1H3,(H,25,26). The van der Waals surface area contributed by atoms with Crippen LogP contribution in [0.1, 0.15) is 23.5 Å². The lowest BCUT2D eigenvalue weighted by Gasteiger charge is -2.32. The Morgan fingerprint density at radius 1 is 1.42 bits per heavy atom. The van der Waals surface area contributed by atoms with Crippen LogP contribution in [0.15, 0.2) is 46.0 Å². The largest absolute Gasteiger partial charge is 0.463 e. The zero-order chi connectivity index (χ0) is 21.8. The van der Waals surface area contributed by atoms with Gasteiger partial charge in [-0.25, -0.2) is 14.2 Å². The van der Waals surface area contributed by atoms with Gasteiger partial charge in [0.25, 0.3) is 0 Å². The van der Waals surface area contributed by atoms with E-state index in [1.54, 1.807) is 19.2 Å². The van der Waals surface area contributed by atoms with E-state index in [4.69, 9.17) is 26.1 Å². The number of nitrogens with zero attached hydrogens (tertiary/aromatic N) is 3. The van der Waals surface area contributed by atoms with E-state index < -0.39 is 17.8 Å². The molecule has 164 valence electrons. The van der Waals surface area contributed by atoms with E-state index in [1.165, 1.54) is 23.5 Å². The second-order valence-electron chi connectivity index (χ2n) is 7.01. The van der Waals surface area contributed by atoms with Crippen LogP contribution in [0.3, 0.4) is 0 Å². The number of hydrogen-bond donors (Lipinski definition) is 1. The van der Waals surface area contributed by atoms with E-state index in [2.05, 4.69) is 15.2 Å². The first-order chi connectivity index (χ1) is 15.1. The first-order valence-electron chi connectivity index (χ1n) is 9.96. The van der Waals surface area contributed by atoms with Crippen molar-refractivity contribution in [3.05, 3.63) is 62.5 Å². The number of aromatic nitrogens is 1. The predicted octanol–water partition coefficient (Wildman–Crippen LogP) is 3.18. The normalized spacial score (nSPS) is 19.7. The number of thiazole rings is 1. The molecule has 1 saturated heterocycles. The molecule has 0 saturated carbocycles. The Balaban J connectivity index is 1.81. The fraction of sp³-hybridized carbons (Fsp3) is 0.381. The molecule has 2 aliphatic rings. The Labute approximate surface area is 188 Å². The minimum Gasteiger partial charge on any atom is -0.463 e. The average molecular weight is 465 g/mol. The maximum atomic E-state index is 13.7. The summed E-state index contributed by atoms with van der Waals surface area (Å²) in [6, 6.07) is 3.35. The highest BCUT2D eigenvalue weighted by molar-refractivity contribution is 7.11. The van der Waals surface area contributed by atoms with Gasteiger partial charge < -0.3 is 14.8 Å². The molecule has 0 aliphatic carbocycles. The van der Waals surface area contributed by atoms with E-state index in [0.29, 0.717) is 47.4 Å². The molecule has 1 atom stereocenters. The lowest BCUT2D eigenvalue weighted by Crippen LogP contribution is -2.43. The molecular weight excluding hydrogens is 443 g/mol. The lowest BCUT2D eigenvalue weighted by molar-refractivity contribution is -0.139. The van der Waals surface area contributed by atoms with E-state index in [1.807, 2.05) is 5.38 Å². The van der Waals surface area contributed by atoms with Gasteiger partial charge in [0.2, 0.25) is 0 Å². The van der Waals surface area contributed by atoms with E-state index in [9.17, 15) is 9.18 Å². The summed E-state index contributed by atoms with van der Waals surface area (Å²) in [6.45, 7) is 5.20. The maximum Gasteiger partial charge on any atom is 0.338 e. The van der Waals surface area contributed by atoms with Gasteiger partial charge in [0.05, 0.1) is 25.4 Å². The molecule has 31 heavy (non-hydrogen) atoms. The number of rotatable bonds is 6. The second-order valence-corrected chi connectivity index (χ2v) is 8.31. The van der Waals surface area contributed by atoms with Crippen LogP contribution in [0.2, 0.25) is 5.02 Å². The van der Waals surface area contributed by atoms with Crippen molar-refractivity contribution in [1.82, 2.24) is 15.2 Å². The number of esters is 1. The fourth-order valence-corrected chi connectivity index (χ4v) is 4.41. The van der Waals surface area contributed by atoms with Gasteiger partial charge in [-0.1, -0.05) is 17.7 Å². The van der Waals surface area contributed by atoms with Crippen molar-refractivity contribution in [2.45, 2.75) is 13.0 Å². The molecule has 0 spiro atoms. The summed E-state index contributed by atoms with van der Waals surface area (Å²) in [5.74, 6) is -0.399. The summed E-state index contributed by atoms with van der Waals surface area (Å²) in [5, 5.41) is 6.03. The van der Waals surface area contributed by atoms with Crippen LogP contribution in [0, 0.1) is 5.82 Å². The molecule has 4 rings (SSSR count). The molecule has 7 nitrogen and oxygen atoms in total. The highest BCUT2D eigenvalue weighted by Crippen LogP contribution is 2.36. The van der Waals surface area contributed by atoms with Crippen molar-refractivity contribution < 1.29 is 18.7 Å². The molecule has 2 aliphatic heterocycles. The van der Waals surface area contributed by atoms with Crippen LogP contribution in [0.5, 0.6) is 0 Å². The number of carbonyl (C=O) groups excluding carboxylic acids is 1. The quantitative estimate of drug-likeness (QED) is 0.662. The molecule has 0 bridgehead atoms. The number of halogens is 2. The molecule has 1 fully saturated rings. The van der Waals surface area contributed by atoms with Crippen molar-refractivity contribution in [2.24, 2.45) is 4.99 Å². The van der Waals surface area contributed by atoms with Crippen LogP contribution in [0.4, 0.5) is 4.39 Å². The van der Waals surface area contributed by atoms with Crippen molar-refractivity contribution >= 4 is 34.7 Å². The molecule has 2 aromatic rings. The maximum absolute atomic E-state index is 13.7. The topological polar surface area (TPSA) is 76.0 Å². The zero-order valence-electron chi connectivity index (χ0n) is 16.9. The number of benzene rings is 1. The van der Waals surface area contributed by atoms with Gasteiger partial charge in [-0.3, -0.25) is 9.89 Å². The molecule has 1 aromatic heterocycles. The van der Waals surface area contributed by atoms with E-state index in [-0.39, 0.29) is 11.6 Å². The number of amidine groups is 1. The van der Waals surface area contributed by atoms with Crippen LogP contribution in [-0.2, 0) is 14.3 Å². The summed E-state index contributed by atoms with van der Waals surface area (Å²) in [5.41, 5.74) is 1.56. The average Bonchev–Trinajstić information content (AvgIpc) is 3.29. The Hall–Kier alpha value is -2.33. The summed E-state index contributed by atoms with van der Waals surface area (Å²) < 4.78 is 24.5. The smallest absolute Gasteiger partial charge is 0.338 e. The Kier molecular flexibility index (Phi) is 6.96. The van der Waals surface area contributed by atoms with Crippen LogP contribution in [0.25, 0.3) is 0 Å². The lowest BCUT2D eigenvalue weighted by atomic mass is 9.95. The van der Waals surface area contributed by atoms with Crippen LogP contribution < -0.4 is 5.32 Å². The first kappa shape index (κ1) is 21.9. The highest BCUT2D eigenvalue weighted by atomic mass is 35.5. The monoisotopic (exact) mass is 464 g/mol. The number of aliphatic imine (C=N–C) groups is 1. The highest BCUT2D eigenvalue weighted by Gasteiger charge is 2.34. The number of morpholine rings is 1. The van der Waals surface area contributed by atoms with Crippen LogP contribution in [-0.4, -0.2) is 61.1 Å². The minimum atomic E-state index is -0.747. The van der Waals surface area contributed by atoms with Crippen molar-refractivity contribution in [3.63, 3.8) is 0 Å². The van der Waals surface area contributed by atoms with Gasteiger partial charge in [-0.05, 0) is 19.1 Å². The Morgan fingerprint density at radius 2 is 2.23 bits per heavy atom. The molecule has 0 radical (unpaired) electrons. The van der Waals surface area contributed by atoms with Gasteiger partial charge in [0.15, 0.2) is 10.8 Å². The number of nitrogens with one attached hydrogen (secondary N) is 1.